The van der Waals surface area contributed by atoms with Gasteiger partial charge in [-0.05, 0) is 54.3 Å². The fourth-order valence-corrected chi connectivity index (χ4v) is 3.15. The highest BCUT2D eigenvalue weighted by molar-refractivity contribution is 9.11. The van der Waals surface area contributed by atoms with Gasteiger partial charge in [-0.1, -0.05) is 64.5 Å². The van der Waals surface area contributed by atoms with Gasteiger partial charge in [-0.3, -0.25) is 0 Å². The molecule has 0 heterocycles. The first-order valence-electron chi connectivity index (χ1n) is 8.17. The lowest BCUT2D eigenvalue weighted by atomic mass is 9.76. The van der Waals surface area contributed by atoms with Crippen LogP contribution >= 0.6 is 15.9 Å². The predicted octanol–water partition coefficient (Wildman–Crippen LogP) is 4.86. The van der Waals surface area contributed by atoms with E-state index in [2.05, 4.69) is 70.7 Å². The van der Waals surface area contributed by atoms with E-state index >= 15 is 0 Å². The third-order valence-corrected chi connectivity index (χ3v) is 4.75. The SMILES string of the molecule is C/C=C1/CC(CO)(NCc2ccccc2)CC/C1=C/C=C(\C)Br. The molecule has 0 saturated heterocycles. The largest absolute Gasteiger partial charge is 0.394 e. The van der Waals surface area contributed by atoms with Crippen LogP contribution in [0, 0.1) is 0 Å². The van der Waals surface area contributed by atoms with Gasteiger partial charge < -0.3 is 10.4 Å². The molecule has 1 atom stereocenters. The first-order valence-corrected chi connectivity index (χ1v) is 8.96. The topological polar surface area (TPSA) is 32.3 Å². The van der Waals surface area contributed by atoms with Gasteiger partial charge in [-0.15, -0.1) is 0 Å². The Morgan fingerprint density at radius 1 is 1.30 bits per heavy atom. The fraction of sp³-hybridized carbons (Fsp3) is 0.400. The van der Waals surface area contributed by atoms with Crippen LogP contribution in [0.25, 0.3) is 0 Å². The smallest absolute Gasteiger partial charge is 0.0616 e. The quantitative estimate of drug-likeness (QED) is 0.769. The lowest BCUT2D eigenvalue weighted by Crippen LogP contribution is -2.50. The first-order chi connectivity index (χ1) is 11.1. The minimum atomic E-state index is -0.220. The van der Waals surface area contributed by atoms with Crippen molar-refractivity contribution < 1.29 is 5.11 Å². The third kappa shape index (κ3) is 5.17. The highest BCUT2D eigenvalue weighted by Crippen LogP contribution is 2.36. The van der Waals surface area contributed by atoms with Crippen LogP contribution in [0.15, 0.2) is 64.2 Å². The van der Waals surface area contributed by atoms with Crippen LogP contribution in [0.3, 0.4) is 0 Å². The minimum absolute atomic E-state index is 0.164. The normalized spacial score (nSPS) is 26.0. The summed E-state index contributed by atoms with van der Waals surface area (Å²) in [6, 6.07) is 10.4. The molecule has 2 N–H and O–H groups in total. The molecule has 0 aromatic heterocycles. The number of hydrogen-bond acceptors (Lipinski definition) is 2. The molecule has 0 radical (unpaired) electrons. The molecular formula is C20H26BrNO. The van der Waals surface area contributed by atoms with Crippen LogP contribution in [0.5, 0.6) is 0 Å². The van der Waals surface area contributed by atoms with Crippen molar-refractivity contribution in [2.75, 3.05) is 6.61 Å². The molecule has 1 saturated carbocycles. The highest BCUT2D eigenvalue weighted by atomic mass is 79.9. The number of aliphatic hydroxyl groups excluding tert-OH is 1. The van der Waals surface area contributed by atoms with Crippen LogP contribution in [-0.2, 0) is 6.54 Å². The van der Waals surface area contributed by atoms with Crippen LogP contribution in [0.1, 0.15) is 38.7 Å². The van der Waals surface area contributed by atoms with Gasteiger partial charge in [0, 0.05) is 12.1 Å². The average molecular weight is 376 g/mol. The Morgan fingerprint density at radius 2 is 2.04 bits per heavy atom. The summed E-state index contributed by atoms with van der Waals surface area (Å²) in [6.45, 7) is 5.07. The summed E-state index contributed by atoms with van der Waals surface area (Å²) in [5.74, 6) is 0. The number of allylic oxidation sites excluding steroid dienone is 5. The second-order valence-corrected chi connectivity index (χ2v) is 7.46. The molecule has 0 amide bonds. The van der Waals surface area contributed by atoms with E-state index in [1.54, 1.807) is 0 Å². The van der Waals surface area contributed by atoms with Crippen molar-refractivity contribution >= 4 is 15.9 Å². The van der Waals surface area contributed by atoms with Crippen molar-refractivity contribution in [1.82, 2.24) is 5.32 Å². The third-order valence-electron chi connectivity index (χ3n) is 4.49. The van der Waals surface area contributed by atoms with Crippen molar-refractivity contribution in [3.8, 4) is 0 Å². The van der Waals surface area contributed by atoms with E-state index < -0.39 is 0 Å². The van der Waals surface area contributed by atoms with Gasteiger partial charge in [-0.2, -0.15) is 0 Å². The average Bonchev–Trinajstić information content (AvgIpc) is 2.59. The molecule has 1 fully saturated rings. The van der Waals surface area contributed by atoms with E-state index in [4.69, 9.17) is 0 Å². The number of benzene rings is 1. The van der Waals surface area contributed by atoms with Crippen LogP contribution in [0.4, 0.5) is 0 Å². The maximum absolute atomic E-state index is 10.0. The number of aliphatic hydroxyl groups is 1. The summed E-state index contributed by atoms with van der Waals surface area (Å²) in [5.41, 5.74) is 3.73. The zero-order chi connectivity index (χ0) is 16.7. The van der Waals surface area contributed by atoms with Gasteiger partial charge in [0.2, 0.25) is 0 Å². The molecule has 23 heavy (non-hydrogen) atoms. The molecule has 1 aliphatic rings. The molecule has 1 aliphatic carbocycles. The van der Waals surface area contributed by atoms with Crippen molar-refractivity contribution in [2.45, 2.75) is 45.2 Å². The molecule has 124 valence electrons. The van der Waals surface area contributed by atoms with Gasteiger partial charge in [0.25, 0.3) is 0 Å². The lowest BCUT2D eigenvalue weighted by molar-refractivity contribution is 0.143. The monoisotopic (exact) mass is 375 g/mol. The summed E-state index contributed by atoms with van der Waals surface area (Å²) >= 11 is 3.47. The van der Waals surface area contributed by atoms with Gasteiger partial charge >= 0.3 is 0 Å². The molecule has 1 aromatic rings. The Bertz CT molecular complexity index is 599. The van der Waals surface area contributed by atoms with E-state index in [-0.39, 0.29) is 12.1 Å². The zero-order valence-electron chi connectivity index (χ0n) is 14.0. The van der Waals surface area contributed by atoms with Crippen molar-refractivity contribution in [1.29, 1.82) is 0 Å². The van der Waals surface area contributed by atoms with Gasteiger partial charge in [-0.25, -0.2) is 0 Å². The second-order valence-electron chi connectivity index (χ2n) is 6.21. The minimum Gasteiger partial charge on any atom is -0.394 e. The lowest BCUT2D eigenvalue weighted by Gasteiger charge is -2.39. The van der Waals surface area contributed by atoms with Crippen LogP contribution in [0.2, 0.25) is 0 Å². The molecule has 1 aromatic carbocycles. The second kappa shape index (κ2) is 8.62. The van der Waals surface area contributed by atoms with E-state index in [9.17, 15) is 5.11 Å². The highest BCUT2D eigenvalue weighted by Gasteiger charge is 2.34. The first kappa shape index (κ1) is 18.2. The van der Waals surface area contributed by atoms with E-state index in [1.165, 1.54) is 16.7 Å². The summed E-state index contributed by atoms with van der Waals surface area (Å²) < 4.78 is 1.13. The molecule has 0 aliphatic heterocycles. The zero-order valence-corrected chi connectivity index (χ0v) is 15.6. The van der Waals surface area contributed by atoms with Gasteiger partial charge in [0.05, 0.1) is 6.61 Å². The Morgan fingerprint density at radius 3 is 2.65 bits per heavy atom. The fourth-order valence-electron chi connectivity index (χ4n) is 3.02. The summed E-state index contributed by atoms with van der Waals surface area (Å²) in [6.07, 6.45) is 9.28. The Labute approximate surface area is 148 Å². The van der Waals surface area contributed by atoms with Gasteiger partial charge in [0.1, 0.15) is 0 Å². The van der Waals surface area contributed by atoms with Crippen molar-refractivity contribution in [2.24, 2.45) is 0 Å². The molecule has 0 bridgehead atoms. The molecule has 3 heteroatoms. The molecule has 2 rings (SSSR count). The standard InChI is InChI=1S/C20H26BrNO/c1-3-18-13-20(15-23,12-11-19(18)10-9-16(2)21)22-14-17-7-5-4-6-8-17/h3-10,22-23H,11-15H2,1-2H3/b16-9+,18-3-,19-10-. The van der Waals surface area contributed by atoms with Gasteiger partial charge in [0.15, 0.2) is 0 Å². The summed E-state index contributed by atoms with van der Waals surface area (Å²) in [7, 11) is 0. The van der Waals surface area contributed by atoms with Crippen LogP contribution < -0.4 is 5.32 Å². The van der Waals surface area contributed by atoms with Crippen molar-refractivity contribution in [3.63, 3.8) is 0 Å². The maximum Gasteiger partial charge on any atom is 0.0616 e. The van der Waals surface area contributed by atoms with E-state index in [0.717, 1.165) is 30.3 Å². The van der Waals surface area contributed by atoms with E-state index in [1.807, 2.05) is 13.0 Å². The number of hydrogen-bond donors (Lipinski definition) is 2. The molecule has 2 nitrogen and oxygen atoms in total. The summed E-state index contributed by atoms with van der Waals surface area (Å²) in [5, 5.41) is 13.6. The number of nitrogens with one attached hydrogen (secondary N) is 1. The molecule has 0 spiro atoms. The molecule has 1 unspecified atom stereocenters. The van der Waals surface area contributed by atoms with Crippen LogP contribution in [-0.4, -0.2) is 17.3 Å². The van der Waals surface area contributed by atoms with E-state index in [0.29, 0.717) is 0 Å². The summed E-state index contributed by atoms with van der Waals surface area (Å²) in [4.78, 5) is 0. The Balaban J connectivity index is 2.09. The predicted molar refractivity (Wildman–Crippen MR) is 101 cm³/mol. The Hall–Kier alpha value is -1.16. The Kier molecular flexibility index (Phi) is 6.82. The maximum atomic E-state index is 10.0. The van der Waals surface area contributed by atoms with Crippen molar-refractivity contribution in [3.05, 3.63) is 69.8 Å². The number of halogens is 1. The number of rotatable bonds is 5. The molecular weight excluding hydrogens is 350 g/mol.